The van der Waals surface area contributed by atoms with Gasteiger partial charge in [0, 0.05) is 6.07 Å². The molecule has 0 radical (unpaired) electrons. The Morgan fingerprint density at radius 2 is 1.54 bits per heavy atom. The van der Waals surface area contributed by atoms with Crippen LogP contribution in [0.5, 0.6) is 17.2 Å². The molecule has 0 N–H and O–H groups in total. The van der Waals surface area contributed by atoms with E-state index in [1.54, 1.807) is 27.2 Å². The van der Waals surface area contributed by atoms with Gasteiger partial charge >= 0.3 is 5.97 Å². The van der Waals surface area contributed by atoms with Crippen LogP contribution in [0.2, 0.25) is 0 Å². The lowest BCUT2D eigenvalue weighted by atomic mass is 10.1. The molecule has 0 unspecified atom stereocenters. The summed E-state index contributed by atoms with van der Waals surface area (Å²) in [5, 5.41) is 0. The standard InChI is InChI=1S/C21H24O5/c1-4-25-21(22)11-12-26-20-14-17(13-19(15-20)24-3)6-5-16-7-9-18(23-2)10-8-16/h5-10,13-15H,4,11-12H2,1-3H3/b6-5+. The first-order valence-corrected chi connectivity index (χ1v) is 8.44. The highest BCUT2D eigenvalue weighted by Crippen LogP contribution is 2.24. The Balaban J connectivity index is 2.05. The zero-order chi connectivity index (χ0) is 18.8. The molecule has 26 heavy (non-hydrogen) atoms. The van der Waals surface area contributed by atoms with Crippen molar-refractivity contribution in [2.45, 2.75) is 13.3 Å². The molecule has 0 aromatic heterocycles. The molecule has 0 atom stereocenters. The van der Waals surface area contributed by atoms with Crippen LogP contribution >= 0.6 is 0 Å². The molecular weight excluding hydrogens is 332 g/mol. The fraction of sp³-hybridized carbons (Fsp3) is 0.286. The van der Waals surface area contributed by atoms with Crippen molar-refractivity contribution in [1.29, 1.82) is 0 Å². The molecule has 0 amide bonds. The van der Waals surface area contributed by atoms with Crippen molar-refractivity contribution < 1.29 is 23.7 Å². The topological polar surface area (TPSA) is 54.0 Å². The number of esters is 1. The minimum Gasteiger partial charge on any atom is -0.497 e. The minimum atomic E-state index is -0.268. The molecule has 0 spiro atoms. The van der Waals surface area contributed by atoms with Gasteiger partial charge in [0.25, 0.3) is 0 Å². The van der Waals surface area contributed by atoms with Crippen LogP contribution in [0.15, 0.2) is 42.5 Å². The van der Waals surface area contributed by atoms with E-state index in [0.29, 0.717) is 18.1 Å². The lowest BCUT2D eigenvalue weighted by molar-refractivity contribution is -0.143. The Bertz CT molecular complexity index is 735. The van der Waals surface area contributed by atoms with Gasteiger partial charge in [-0.15, -0.1) is 0 Å². The van der Waals surface area contributed by atoms with Gasteiger partial charge in [-0.3, -0.25) is 4.79 Å². The molecular formula is C21H24O5. The second kappa shape index (κ2) is 10.1. The summed E-state index contributed by atoms with van der Waals surface area (Å²) in [5.41, 5.74) is 1.99. The first-order valence-electron chi connectivity index (χ1n) is 8.44. The van der Waals surface area contributed by atoms with E-state index in [4.69, 9.17) is 18.9 Å². The van der Waals surface area contributed by atoms with Gasteiger partial charge < -0.3 is 18.9 Å². The van der Waals surface area contributed by atoms with Crippen LogP contribution in [0.3, 0.4) is 0 Å². The quantitative estimate of drug-likeness (QED) is 0.498. The van der Waals surface area contributed by atoms with Crippen molar-refractivity contribution >= 4 is 18.1 Å². The third kappa shape index (κ3) is 6.16. The highest BCUT2D eigenvalue weighted by molar-refractivity contribution is 5.71. The van der Waals surface area contributed by atoms with Crippen LogP contribution in [-0.4, -0.2) is 33.4 Å². The first kappa shape index (κ1) is 19.4. The SMILES string of the molecule is CCOC(=O)CCOc1cc(/C=C/c2ccc(OC)cc2)cc(OC)c1. The van der Waals surface area contributed by atoms with E-state index < -0.39 is 0 Å². The van der Waals surface area contributed by atoms with Gasteiger partial charge in [-0.2, -0.15) is 0 Å². The van der Waals surface area contributed by atoms with Crippen LogP contribution in [0.1, 0.15) is 24.5 Å². The summed E-state index contributed by atoms with van der Waals surface area (Å²) in [6.07, 6.45) is 4.18. The zero-order valence-electron chi connectivity index (χ0n) is 15.4. The maximum absolute atomic E-state index is 11.4. The molecule has 0 fully saturated rings. The van der Waals surface area contributed by atoms with Crippen molar-refractivity contribution in [2.24, 2.45) is 0 Å². The van der Waals surface area contributed by atoms with Crippen LogP contribution in [0, 0.1) is 0 Å². The Morgan fingerprint density at radius 3 is 2.19 bits per heavy atom. The van der Waals surface area contributed by atoms with Crippen molar-refractivity contribution in [3.05, 3.63) is 53.6 Å². The number of methoxy groups -OCH3 is 2. The third-order valence-corrected chi connectivity index (χ3v) is 3.60. The lowest BCUT2D eigenvalue weighted by Crippen LogP contribution is -2.09. The molecule has 0 bridgehead atoms. The minimum absolute atomic E-state index is 0.210. The fourth-order valence-corrected chi connectivity index (χ4v) is 2.28. The van der Waals surface area contributed by atoms with Crippen molar-refractivity contribution in [3.8, 4) is 17.2 Å². The number of ether oxygens (including phenoxy) is 4. The van der Waals surface area contributed by atoms with Gasteiger partial charge in [0.15, 0.2) is 0 Å². The maximum Gasteiger partial charge on any atom is 0.309 e. The van der Waals surface area contributed by atoms with Crippen molar-refractivity contribution in [1.82, 2.24) is 0 Å². The van der Waals surface area contributed by atoms with E-state index >= 15 is 0 Å². The van der Waals surface area contributed by atoms with Gasteiger partial charge in [-0.25, -0.2) is 0 Å². The second-order valence-corrected chi connectivity index (χ2v) is 5.45. The summed E-state index contributed by atoms with van der Waals surface area (Å²) in [6, 6.07) is 13.4. The maximum atomic E-state index is 11.4. The normalized spacial score (nSPS) is 10.6. The van der Waals surface area contributed by atoms with Crippen LogP contribution in [-0.2, 0) is 9.53 Å². The molecule has 138 valence electrons. The first-order chi connectivity index (χ1) is 12.6. The van der Waals surface area contributed by atoms with Gasteiger partial charge in [0.05, 0.1) is 33.9 Å². The summed E-state index contributed by atoms with van der Waals surface area (Å²) in [4.78, 5) is 11.4. The number of hydrogen-bond acceptors (Lipinski definition) is 5. The molecule has 2 rings (SSSR count). The summed E-state index contributed by atoms with van der Waals surface area (Å²) in [5.74, 6) is 1.88. The molecule has 2 aromatic rings. The third-order valence-electron chi connectivity index (χ3n) is 3.60. The Hall–Kier alpha value is -2.95. The smallest absolute Gasteiger partial charge is 0.309 e. The molecule has 5 heteroatoms. The largest absolute Gasteiger partial charge is 0.497 e. The van der Waals surface area contributed by atoms with Gasteiger partial charge in [0.2, 0.25) is 0 Å². The molecule has 0 aliphatic rings. The highest BCUT2D eigenvalue weighted by Gasteiger charge is 2.05. The van der Waals surface area contributed by atoms with E-state index in [-0.39, 0.29) is 19.0 Å². The predicted molar refractivity (Wildman–Crippen MR) is 102 cm³/mol. The number of rotatable bonds is 9. The molecule has 0 aliphatic carbocycles. The lowest BCUT2D eigenvalue weighted by Gasteiger charge is -2.09. The van der Waals surface area contributed by atoms with E-state index in [1.165, 1.54) is 0 Å². The van der Waals surface area contributed by atoms with Gasteiger partial charge in [-0.1, -0.05) is 24.3 Å². The summed E-state index contributed by atoms with van der Waals surface area (Å²) < 4.78 is 21.0. The van der Waals surface area contributed by atoms with Gasteiger partial charge in [0.1, 0.15) is 17.2 Å². The predicted octanol–water partition coefficient (Wildman–Crippen LogP) is 4.21. The number of hydrogen-bond donors (Lipinski definition) is 0. The molecule has 2 aromatic carbocycles. The summed E-state index contributed by atoms with van der Waals surface area (Å²) in [7, 11) is 3.25. The van der Waals surface area contributed by atoms with Crippen molar-refractivity contribution in [3.63, 3.8) is 0 Å². The summed E-state index contributed by atoms with van der Waals surface area (Å²) >= 11 is 0. The van der Waals surface area contributed by atoms with E-state index in [1.807, 2.05) is 48.6 Å². The van der Waals surface area contributed by atoms with E-state index in [0.717, 1.165) is 16.9 Å². The number of benzene rings is 2. The van der Waals surface area contributed by atoms with Crippen LogP contribution in [0.25, 0.3) is 12.2 Å². The second-order valence-electron chi connectivity index (χ2n) is 5.45. The average molecular weight is 356 g/mol. The van der Waals surface area contributed by atoms with E-state index in [9.17, 15) is 4.79 Å². The Labute approximate surface area is 154 Å². The zero-order valence-corrected chi connectivity index (χ0v) is 15.4. The number of carbonyl (C=O) groups excluding carboxylic acids is 1. The van der Waals surface area contributed by atoms with Crippen LogP contribution in [0.4, 0.5) is 0 Å². The van der Waals surface area contributed by atoms with Crippen molar-refractivity contribution in [2.75, 3.05) is 27.4 Å². The molecule has 0 saturated heterocycles. The Morgan fingerprint density at radius 1 is 0.885 bits per heavy atom. The number of carbonyl (C=O) groups is 1. The highest BCUT2D eigenvalue weighted by atomic mass is 16.5. The molecule has 5 nitrogen and oxygen atoms in total. The fourth-order valence-electron chi connectivity index (χ4n) is 2.28. The monoisotopic (exact) mass is 356 g/mol. The Kier molecular flexibility index (Phi) is 7.55. The van der Waals surface area contributed by atoms with E-state index in [2.05, 4.69) is 0 Å². The average Bonchev–Trinajstić information content (AvgIpc) is 2.67. The summed E-state index contributed by atoms with van der Waals surface area (Å²) in [6.45, 7) is 2.41. The molecule has 0 heterocycles. The van der Waals surface area contributed by atoms with Gasteiger partial charge in [-0.05, 0) is 42.3 Å². The molecule has 0 aliphatic heterocycles. The molecule has 0 saturated carbocycles. The van der Waals surface area contributed by atoms with Crippen LogP contribution < -0.4 is 14.2 Å².